The molecule has 2 fully saturated rings. The van der Waals surface area contributed by atoms with Crippen molar-refractivity contribution < 1.29 is 4.74 Å². The summed E-state index contributed by atoms with van der Waals surface area (Å²) in [6, 6.07) is 0.505. The van der Waals surface area contributed by atoms with Crippen LogP contribution in [0.4, 0.5) is 5.13 Å². The standard InChI is InChI=1S/C14H23N3OS/c1-3-15-8-12-13(10-4-5-10)16-14(19-12)17(2)11-6-7-18-9-11/h10-11,15H,3-9H2,1-2H3. The molecule has 5 heteroatoms. The maximum absolute atomic E-state index is 5.48. The number of aromatic nitrogens is 1. The Bertz CT molecular complexity index is 424. The molecule has 0 aromatic carbocycles. The minimum absolute atomic E-state index is 0.505. The first kappa shape index (κ1) is 13.3. The van der Waals surface area contributed by atoms with Crippen molar-refractivity contribution in [3.63, 3.8) is 0 Å². The van der Waals surface area contributed by atoms with Gasteiger partial charge in [0.15, 0.2) is 5.13 Å². The van der Waals surface area contributed by atoms with Crippen molar-refractivity contribution in [3.8, 4) is 0 Å². The first-order valence-electron chi connectivity index (χ1n) is 7.30. The minimum Gasteiger partial charge on any atom is -0.379 e. The molecule has 3 rings (SSSR count). The van der Waals surface area contributed by atoms with Gasteiger partial charge in [0, 0.05) is 31.0 Å². The molecular weight excluding hydrogens is 258 g/mol. The second-order valence-corrected chi connectivity index (χ2v) is 6.55. The van der Waals surface area contributed by atoms with Crippen LogP contribution in [0.3, 0.4) is 0 Å². The van der Waals surface area contributed by atoms with Gasteiger partial charge in [0.25, 0.3) is 0 Å². The molecule has 1 N–H and O–H groups in total. The summed E-state index contributed by atoms with van der Waals surface area (Å²) < 4.78 is 5.48. The Balaban J connectivity index is 1.76. The molecule has 1 saturated heterocycles. The maximum Gasteiger partial charge on any atom is 0.185 e. The number of ether oxygens (including phenoxy) is 1. The zero-order valence-corrected chi connectivity index (χ0v) is 12.6. The van der Waals surface area contributed by atoms with Crippen molar-refractivity contribution in [1.29, 1.82) is 0 Å². The predicted octanol–water partition coefficient (Wildman–Crippen LogP) is 2.36. The van der Waals surface area contributed by atoms with Crippen LogP contribution in [0.1, 0.15) is 42.7 Å². The summed E-state index contributed by atoms with van der Waals surface area (Å²) in [5.41, 5.74) is 1.35. The lowest BCUT2D eigenvalue weighted by Crippen LogP contribution is -2.31. The molecule has 0 bridgehead atoms. The Morgan fingerprint density at radius 3 is 2.89 bits per heavy atom. The van der Waals surface area contributed by atoms with E-state index in [1.807, 2.05) is 11.3 Å². The van der Waals surface area contributed by atoms with Gasteiger partial charge in [0.1, 0.15) is 0 Å². The monoisotopic (exact) mass is 281 g/mol. The molecular formula is C14H23N3OS. The average Bonchev–Trinajstić information content (AvgIpc) is 2.96. The number of anilines is 1. The maximum atomic E-state index is 5.48. The topological polar surface area (TPSA) is 37.4 Å². The van der Waals surface area contributed by atoms with E-state index in [2.05, 4.69) is 24.2 Å². The summed E-state index contributed by atoms with van der Waals surface area (Å²) in [5, 5.41) is 4.61. The van der Waals surface area contributed by atoms with E-state index in [9.17, 15) is 0 Å². The molecule has 0 spiro atoms. The molecule has 1 aromatic heterocycles. The summed E-state index contributed by atoms with van der Waals surface area (Å²) in [6.07, 6.45) is 3.76. The highest BCUT2D eigenvalue weighted by Crippen LogP contribution is 2.44. The van der Waals surface area contributed by atoms with Crippen LogP contribution in [0.15, 0.2) is 0 Å². The minimum atomic E-state index is 0.505. The number of nitrogens with one attached hydrogen (secondary N) is 1. The van der Waals surface area contributed by atoms with Crippen molar-refractivity contribution in [2.45, 2.75) is 44.7 Å². The Morgan fingerprint density at radius 1 is 1.42 bits per heavy atom. The van der Waals surface area contributed by atoms with Crippen LogP contribution in [-0.2, 0) is 11.3 Å². The molecule has 1 unspecified atom stereocenters. The van der Waals surface area contributed by atoms with Crippen LogP contribution in [0.2, 0.25) is 0 Å². The van der Waals surface area contributed by atoms with Crippen LogP contribution >= 0.6 is 11.3 Å². The van der Waals surface area contributed by atoms with Gasteiger partial charge < -0.3 is 15.0 Å². The average molecular weight is 281 g/mol. The first-order chi connectivity index (χ1) is 9.29. The van der Waals surface area contributed by atoms with Gasteiger partial charge in [-0.05, 0) is 25.8 Å². The molecule has 2 aliphatic rings. The van der Waals surface area contributed by atoms with Crippen LogP contribution in [0.5, 0.6) is 0 Å². The van der Waals surface area contributed by atoms with Gasteiger partial charge >= 0.3 is 0 Å². The summed E-state index contributed by atoms with van der Waals surface area (Å²) in [4.78, 5) is 8.67. The second kappa shape index (κ2) is 5.77. The summed E-state index contributed by atoms with van der Waals surface area (Å²) in [6.45, 7) is 5.87. The van der Waals surface area contributed by atoms with Gasteiger partial charge in [-0.3, -0.25) is 0 Å². The normalized spacial score (nSPS) is 22.9. The largest absolute Gasteiger partial charge is 0.379 e. The smallest absolute Gasteiger partial charge is 0.185 e. The molecule has 1 atom stereocenters. The van der Waals surface area contributed by atoms with Gasteiger partial charge in [-0.1, -0.05) is 6.92 Å². The van der Waals surface area contributed by atoms with Crippen molar-refractivity contribution in [2.75, 3.05) is 31.7 Å². The quantitative estimate of drug-likeness (QED) is 0.868. The van der Waals surface area contributed by atoms with E-state index in [4.69, 9.17) is 9.72 Å². The number of likely N-dealkylation sites (N-methyl/N-ethyl adjacent to an activating group) is 1. The Kier molecular flexibility index (Phi) is 4.05. The van der Waals surface area contributed by atoms with Crippen molar-refractivity contribution >= 4 is 16.5 Å². The number of rotatable bonds is 6. The Labute approximate surface area is 119 Å². The summed E-state index contributed by atoms with van der Waals surface area (Å²) >= 11 is 1.86. The highest BCUT2D eigenvalue weighted by atomic mass is 32.1. The Morgan fingerprint density at radius 2 is 2.26 bits per heavy atom. The zero-order valence-electron chi connectivity index (χ0n) is 11.8. The van der Waals surface area contributed by atoms with Crippen LogP contribution in [0, 0.1) is 0 Å². The fraction of sp³-hybridized carbons (Fsp3) is 0.786. The fourth-order valence-electron chi connectivity index (χ4n) is 2.53. The van der Waals surface area contributed by atoms with E-state index < -0.39 is 0 Å². The molecule has 2 heterocycles. The SMILES string of the molecule is CCNCc1sc(N(C)C2CCOC2)nc1C1CC1. The van der Waals surface area contributed by atoms with E-state index in [1.54, 1.807) is 0 Å². The van der Waals surface area contributed by atoms with Gasteiger partial charge in [-0.2, -0.15) is 0 Å². The van der Waals surface area contributed by atoms with E-state index >= 15 is 0 Å². The van der Waals surface area contributed by atoms with Crippen molar-refractivity contribution in [1.82, 2.24) is 10.3 Å². The molecule has 1 saturated carbocycles. The molecule has 0 radical (unpaired) electrons. The lowest BCUT2D eigenvalue weighted by atomic mass is 10.2. The number of thiazole rings is 1. The lowest BCUT2D eigenvalue weighted by molar-refractivity contribution is 0.193. The molecule has 0 amide bonds. The summed E-state index contributed by atoms with van der Waals surface area (Å²) in [7, 11) is 2.16. The predicted molar refractivity (Wildman–Crippen MR) is 79.1 cm³/mol. The molecule has 1 aliphatic heterocycles. The van der Waals surface area contributed by atoms with Gasteiger partial charge in [-0.25, -0.2) is 4.98 Å². The third-order valence-electron chi connectivity index (χ3n) is 3.97. The molecule has 106 valence electrons. The highest BCUT2D eigenvalue weighted by molar-refractivity contribution is 7.15. The molecule has 1 aliphatic carbocycles. The second-order valence-electron chi connectivity index (χ2n) is 5.49. The molecule has 1 aromatic rings. The highest BCUT2D eigenvalue weighted by Gasteiger charge is 2.31. The van der Waals surface area contributed by atoms with E-state index in [-0.39, 0.29) is 0 Å². The van der Waals surface area contributed by atoms with Crippen LogP contribution in [-0.4, -0.2) is 37.8 Å². The number of hydrogen-bond donors (Lipinski definition) is 1. The van der Waals surface area contributed by atoms with Crippen molar-refractivity contribution in [2.24, 2.45) is 0 Å². The van der Waals surface area contributed by atoms with Gasteiger partial charge in [0.2, 0.25) is 0 Å². The fourth-order valence-corrected chi connectivity index (χ4v) is 3.67. The van der Waals surface area contributed by atoms with Crippen LogP contribution < -0.4 is 10.2 Å². The molecule has 19 heavy (non-hydrogen) atoms. The third-order valence-corrected chi connectivity index (χ3v) is 5.13. The van der Waals surface area contributed by atoms with E-state index in [0.29, 0.717) is 6.04 Å². The van der Waals surface area contributed by atoms with Gasteiger partial charge in [-0.15, -0.1) is 11.3 Å². The van der Waals surface area contributed by atoms with E-state index in [1.165, 1.54) is 28.5 Å². The van der Waals surface area contributed by atoms with Crippen molar-refractivity contribution in [3.05, 3.63) is 10.6 Å². The molecule has 4 nitrogen and oxygen atoms in total. The van der Waals surface area contributed by atoms with Gasteiger partial charge in [0.05, 0.1) is 18.3 Å². The first-order valence-corrected chi connectivity index (χ1v) is 8.12. The lowest BCUT2D eigenvalue weighted by Gasteiger charge is -2.21. The Hall–Kier alpha value is -0.650. The number of hydrogen-bond acceptors (Lipinski definition) is 5. The van der Waals surface area contributed by atoms with Crippen LogP contribution in [0.25, 0.3) is 0 Å². The van der Waals surface area contributed by atoms with E-state index in [0.717, 1.165) is 38.6 Å². The number of nitrogens with zero attached hydrogens (tertiary/aromatic N) is 2. The zero-order chi connectivity index (χ0) is 13.2. The third kappa shape index (κ3) is 2.93. The summed E-state index contributed by atoms with van der Waals surface area (Å²) in [5.74, 6) is 0.729.